The van der Waals surface area contributed by atoms with Crippen molar-refractivity contribution in [1.82, 2.24) is 14.7 Å². The van der Waals surface area contributed by atoms with Crippen molar-refractivity contribution in [1.29, 1.82) is 0 Å². The smallest absolute Gasteiger partial charge is 0.369 e. The summed E-state index contributed by atoms with van der Waals surface area (Å²) in [6.07, 6.45) is -0.998. The Hall–Kier alpha value is -2.29. The standard InChI is InChI=1S/C21H27F3N4O2/c22-21(23,24)16-5-3-6-17(15-16)26-13-11-25(12-14-26)8-1-2-9-28-19(29)18-7-4-10-27(18)20(28)30/h3,5-6,15,18H,1-2,4,7-14H2/t18-/m0/s1. The number of rotatable bonds is 6. The monoisotopic (exact) mass is 424 g/mol. The van der Waals surface area contributed by atoms with Crippen LogP contribution in [0.3, 0.4) is 0 Å². The number of piperazine rings is 1. The number of anilines is 1. The number of urea groups is 1. The van der Waals surface area contributed by atoms with Crippen molar-refractivity contribution >= 4 is 17.6 Å². The third-order valence-electron chi connectivity index (χ3n) is 6.30. The van der Waals surface area contributed by atoms with E-state index in [-0.39, 0.29) is 18.0 Å². The minimum absolute atomic E-state index is 0.0489. The Kier molecular flexibility index (Phi) is 5.90. The largest absolute Gasteiger partial charge is 0.416 e. The molecule has 0 spiro atoms. The first kappa shape index (κ1) is 21.0. The molecule has 0 radical (unpaired) electrons. The highest BCUT2D eigenvalue weighted by atomic mass is 19.4. The molecule has 3 aliphatic rings. The van der Waals surface area contributed by atoms with Crippen molar-refractivity contribution in [3.63, 3.8) is 0 Å². The maximum atomic E-state index is 12.9. The van der Waals surface area contributed by atoms with Gasteiger partial charge in [0.1, 0.15) is 6.04 Å². The lowest BCUT2D eigenvalue weighted by molar-refractivity contribution is -0.137. The van der Waals surface area contributed by atoms with Crippen molar-refractivity contribution in [2.75, 3.05) is 50.7 Å². The topological polar surface area (TPSA) is 47.1 Å². The van der Waals surface area contributed by atoms with E-state index in [1.807, 2.05) is 4.90 Å². The predicted octanol–water partition coefficient (Wildman–Crippen LogP) is 3.03. The van der Waals surface area contributed by atoms with Crippen LogP contribution in [0.5, 0.6) is 0 Å². The highest BCUT2D eigenvalue weighted by Gasteiger charge is 2.46. The number of unbranched alkanes of at least 4 members (excludes halogenated alkanes) is 1. The van der Waals surface area contributed by atoms with Crippen LogP contribution in [0.2, 0.25) is 0 Å². The summed E-state index contributed by atoms with van der Waals surface area (Å²) in [5.74, 6) is -0.0489. The summed E-state index contributed by atoms with van der Waals surface area (Å²) < 4.78 is 38.8. The van der Waals surface area contributed by atoms with Crippen LogP contribution in [0.15, 0.2) is 24.3 Å². The van der Waals surface area contributed by atoms with Crippen LogP contribution in [0.1, 0.15) is 31.2 Å². The van der Waals surface area contributed by atoms with Crippen molar-refractivity contribution in [3.8, 4) is 0 Å². The first-order chi connectivity index (χ1) is 14.3. The molecule has 4 rings (SSSR count). The van der Waals surface area contributed by atoms with E-state index in [0.717, 1.165) is 51.4 Å². The molecular weight excluding hydrogens is 397 g/mol. The first-order valence-electron chi connectivity index (χ1n) is 10.6. The summed E-state index contributed by atoms with van der Waals surface area (Å²) in [7, 11) is 0. The molecule has 0 N–H and O–H groups in total. The van der Waals surface area contributed by atoms with E-state index in [4.69, 9.17) is 0 Å². The van der Waals surface area contributed by atoms with Crippen molar-refractivity contribution < 1.29 is 22.8 Å². The second kappa shape index (κ2) is 8.45. The number of hydrogen-bond donors (Lipinski definition) is 0. The van der Waals surface area contributed by atoms with Gasteiger partial charge in [-0.15, -0.1) is 0 Å². The lowest BCUT2D eigenvalue weighted by Gasteiger charge is -2.36. The molecule has 0 aromatic heterocycles. The lowest BCUT2D eigenvalue weighted by Crippen LogP contribution is -2.46. The number of halogens is 3. The van der Waals surface area contributed by atoms with E-state index >= 15 is 0 Å². The van der Waals surface area contributed by atoms with Gasteiger partial charge < -0.3 is 9.80 Å². The first-order valence-corrected chi connectivity index (χ1v) is 10.6. The van der Waals surface area contributed by atoms with Gasteiger partial charge in [-0.1, -0.05) is 6.07 Å². The van der Waals surface area contributed by atoms with E-state index in [1.54, 1.807) is 11.0 Å². The summed E-state index contributed by atoms with van der Waals surface area (Å²) in [5, 5.41) is 0. The van der Waals surface area contributed by atoms with Crippen LogP contribution in [-0.4, -0.2) is 78.5 Å². The van der Waals surface area contributed by atoms with Crippen LogP contribution in [0.25, 0.3) is 0 Å². The fourth-order valence-corrected chi connectivity index (χ4v) is 4.60. The quantitative estimate of drug-likeness (QED) is 0.520. The van der Waals surface area contributed by atoms with E-state index < -0.39 is 11.7 Å². The van der Waals surface area contributed by atoms with Gasteiger partial charge in [0.2, 0.25) is 0 Å². The van der Waals surface area contributed by atoms with E-state index in [2.05, 4.69) is 4.90 Å². The van der Waals surface area contributed by atoms with Crippen LogP contribution in [-0.2, 0) is 11.0 Å². The Bertz CT molecular complexity index is 771. The number of benzene rings is 1. The molecule has 3 heterocycles. The number of carbonyl (C=O) groups is 2. The molecule has 1 aromatic carbocycles. The molecule has 0 aliphatic carbocycles. The summed E-state index contributed by atoms with van der Waals surface area (Å²) in [4.78, 5) is 32.0. The minimum atomic E-state index is -4.33. The molecule has 0 bridgehead atoms. The molecule has 3 saturated heterocycles. The van der Waals surface area contributed by atoms with Crippen LogP contribution < -0.4 is 4.90 Å². The zero-order valence-corrected chi connectivity index (χ0v) is 16.9. The fourth-order valence-electron chi connectivity index (χ4n) is 4.60. The predicted molar refractivity (Wildman–Crippen MR) is 106 cm³/mol. The second-order valence-corrected chi connectivity index (χ2v) is 8.21. The Morgan fingerprint density at radius 3 is 2.40 bits per heavy atom. The van der Waals surface area contributed by atoms with E-state index in [9.17, 15) is 22.8 Å². The van der Waals surface area contributed by atoms with Gasteiger partial charge in [0.05, 0.1) is 5.56 Å². The number of nitrogens with zero attached hydrogens (tertiary/aromatic N) is 4. The van der Waals surface area contributed by atoms with Crippen molar-refractivity contribution in [2.24, 2.45) is 0 Å². The van der Waals surface area contributed by atoms with Crippen LogP contribution in [0.4, 0.5) is 23.7 Å². The molecule has 6 nitrogen and oxygen atoms in total. The van der Waals surface area contributed by atoms with E-state index in [1.165, 1.54) is 17.0 Å². The molecule has 1 atom stereocenters. The average molecular weight is 424 g/mol. The second-order valence-electron chi connectivity index (χ2n) is 8.21. The van der Waals surface area contributed by atoms with Gasteiger partial charge in [-0.2, -0.15) is 13.2 Å². The lowest BCUT2D eigenvalue weighted by atomic mass is 10.1. The molecule has 1 aromatic rings. The third kappa shape index (κ3) is 4.26. The molecule has 9 heteroatoms. The Morgan fingerprint density at radius 1 is 0.967 bits per heavy atom. The SMILES string of the molecule is O=C1[C@@H]2CCCN2C(=O)N1CCCCN1CCN(c2cccc(C(F)(F)F)c2)CC1. The molecule has 3 amide bonds. The number of fused-ring (bicyclic) bond motifs is 1. The van der Waals surface area contributed by atoms with Crippen molar-refractivity contribution in [2.45, 2.75) is 37.9 Å². The van der Waals surface area contributed by atoms with E-state index in [0.29, 0.717) is 31.9 Å². The number of amides is 3. The van der Waals surface area contributed by atoms with Gasteiger partial charge in [-0.25, -0.2) is 4.79 Å². The fraction of sp³-hybridized carbons (Fsp3) is 0.619. The van der Waals surface area contributed by atoms with Crippen LogP contribution in [0, 0.1) is 0 Å². The highest BCUT2D eigenvalue weighted by Crippen LogP contribution is 2.32. The summed E-state index contributed by atoms with van der Waals surface area (Å²) in [6, 6.07) is 5.11. The maximum absolute atomic E-state index is 12.9. The number of hydrogen-bond acceptors (Lipinski definition) is 4. The molecular formula is C21H27F3N4O2. The van der Waals surface area contributed by atoms with Gasteiger partial charge in [-0.05, 0) is 50.4 Å². The molecule has 3 aliphatic heterocycles. The van der Waals surface area contributed by atoms with Gasteiger partial charge in [0.25, 0.3) is 5.91 Å². The van der Waals surface area contributed by atoms with Gasteiger partial charge in [-0.3, -0.25) is 14.6 Å². The third-order valence-corrected chi connectivity index (χ3v) is 6.30. The maximum Gasteiger partial charge on any atom is 0.416 e. The van der Waals surface area contributed by atoms with Crippen LogP contribution >= 0.6 is 0 Å². The van der Waals surface area contributed by atoms with Gasteiger partial charge >= 0.3 is 12.2 Å². The minimum Gasteiger partial charge on any atom is -0.369 e. The Morgan fingerprint density at radius 2 is 1.70 bits per heavy atom. The molecule has 0 unspecified atom stereocenters. The number of carbonyl (C=O) groups excluding carboxylic acids is 2. The summed E-state index contributed by atoms with van der Waals surface area (Å²) >= 11 is 0. The Balaban J connectivity index is 1.19. The van der Waals surface area contributed by atoms with Gasteiger partial charge in [0.15, 0.2) is 0 Å². The van der Waals surface area contributed by atoms with Gasteiger partial charge in [0, 0.05) is 45.0 Å². The number of imide groups is 1. The van der Waals surface area contributed by atoms with Crippen molar-refractivity contribution in [3.05, 3.63) is 29.8 Å². The number of alkyl halides is 3. The summed E-state index contributed by atoms with van der Waals surface area (Å²) in [5.41, 5.74) is -0.00927. The average Bonchev–Trinajstić information content (AvgIpc) is 3.30. The molecule has 30 heavy (non-hydrogen) atoms. The highest BCUT2D eigenvalue weighted by molar-refractivity contribution is 6.04. The zero-order chi connectivity index (χ0) is 21.3. The normalized spacial score (nSPS) is 22.9. The molecule has 164 valence electrons. The Labute approximate surface area is 174 Å². The molecule has 3 fully saturated rings. The summed E-state index contributed by atoms with van der Waals surface area (Å²) in [6.45, 7) is 4.94. The molecule has 0 saturated carbocycles. The zero-order valence-electron chi connectivity index (χ0n) is 16.9.